The van der Waals surface area contributed by atoms with E-state index >= 15 is 0 Å². The number of nitrogens with two attached hydrogens (primary N) is 1. The summed E-state index contributed by atoms with van der Waals surface area (Å²) >= 11 is 0. The minimum absolute atomic E-state index is 0.208. The lowest BCUT2D eigenvalue weighted by atomic mass is 10.1. The van der Waals surface area contributed by atoms with E-state index in [0.717, 1.165) is 16.5 Å². The van der Waals surface area contributed by atoms with Gasteiger partial charge in [0.1, 0.15) is 0 Å². The van der Waals surface area contributed by atoms with Gasteiger partial charge in [0, 0.05) is 46.5 Å². The molecule has 0 aliphatic rings. The molecule has 0 spiro atoms. The molecule has 6 heteroatoms. The van der Waals surface area contributed by atoms with Crippen LogP contribution in [0.15, 0.2) is 30.5 Å². The van der Waals surface area contributed by atoms with E-state index in [1.54, 1.807) is 6.26 Å². The lowest BCUT2D eigenvalue weighted by Gasteiger charge is -2.11. The van der Waals surface area contributed by atoms with E-state index in [1.165, 1.54) is 0 Å². The van der Waals surface area contributed by atoms with E-state index < -0.39 is 16.8 Å². The van der Waals surface area contributed by atoms with Gasteiger partial charge in [-0.05, 0) is 18.1 Å². The molecule has 0 fully saturated rings. The first kappa shape index (κ1) is 14.7. The first-order valence-corrected chi connectivity index (χ1v) is 8.19. The first-order valence-electron chi connectivity index (χ1n) is 6.46. The number of carbonyl (C=O) groups is 1. The molecule has 2 atom stereocenters. The number of rotatable bonds is 6. The highest BCUT2D eigenvalue weighted by molar-refractivity contribution is 7.84. The van der Waals surface area contributed by atoms with Crippen molar-refractivity contribution in [2.75, 3.05) is 18.6 Å². The number of para-hydroxylation sites is 1. The summed E-state index contributed by atoms with van der Waals surface area (Å²) in [5.41, 5.74) is 7.98. The number of carbonyl (C=O) groups excluding carboxylic acids is 1. The summed E-state index contributed by atoms with van der Waals surface area (Å²) in [5.74, 6) is 0.242. The molecule has 1 heterocycles. The molecule has 2 rings (SSSR count). The Hall–Kier alpha value is -1.66. The van der Waals surface area contributed by atoms with E-state index in [4.69, 9.17) is 5.73 Å². The number of aromatic nitrogens is 1. The third kappa shape index (κ3) is 3.68. The molecular weight excluding hydrogens is 274 g/mol. The van der Waals surface area contributed by atoms with Crippen LogP contribution < -0.4 is 11.1 Å². The van der Waals surface area contributed by atoms with Gasteiger partial charge in [-0.15, -0.1) is 0 Å². The van der Waals surface area contributed by atoms with E-state index in [9.17, 15) is 9.00 Å². The Morgan fingerprint density at radius 1 is 1.45 bits per heavy atom. The molecule has 0 saturated carbocycles. The van der Waals surface area contributed by atoms with Gasteiger partial charge in [0.25, 0.3) is 0 Å². The molecule has 2 aromatic rings. The van der Waals surface area contributed by atoms with Crippen LogP contribution in [0.4, 0.5) is 0 Å². The van der Waals surface area contributed by atoms with Crippen LogP contribution in [0.5, 0.6) is 0 Å². The SMILES string of the molecule is CS(=O)CCNC(=O)[C@H](N)Cc1c[nH]c2ccccc12. The summed E-state index contributed by atoms with van der Waals surface area (Å²) in [6, 6.07) is 7.31. The predicted molar refractivity (Wildman–Crippen MR) is 81.9 cm³/mol. The van der Waals surface area contributed by atoms with E-state index in [0.29, 0.717) is 18.7 Å². The Morgan fingerprint density at radius 3 is 2.95 bits per heavy atom. The van der Waals surface area contributed by atoms with Crippen molar-refractivity contribution in [1.29, 1.82) is 0 Å². The number of hydrogen-bond acceptors (Lipinski definition) is 3. The second kappa shape index (κ2) is 6.67. The molecule has 20 heavy (non-hydrogen) atoms. The lowest BCUT2D eigenvalue weighted by molar-refractivity contribution is -0.122. The Morgan fingerprint density at radius 2 is 2.20 bits per heavy atom. The van der Waals surface area contributed by atoms with Gasteiger partial charge >= 0.3 is 0 Å². The van der Waals surface area contributed by atoms with Crippen molar-refractivity contribution in [2.45, 2.75) is 12.5 Å². The summed E-state index contributed by atoms with van der Waals surface area (Å²) in [5, 5.41) is 3.80. The Kier molecular flexibility index (Phi) is 4.92. The molecule has 0 radical (unpaired) electrons. The highest BCUT2D eigenvalue weighted by Gasteiger charge is 2.15. The second-order valence-corrected chi connectivity index (χ2v) is 6.29. The molecule has 1 aromatic heterocycles. The molecule has 1 aromatic carbocycles. The van der Waals surface area contributed by atoms with Crippen LogP contribution in [0.25, 0.3) is 10.9 Å². The monoisotopic (exact) mass is 293 g/mol. The number of amides is 1. The molecule has 108 valence electrons. The highest BCUT2D eigenvalue weighted by Crippen LogP contribution is 2.18. The molecule has 5 nitrogen and oxygen atoms in total. The molecule has 4 N–H and O–H groups in total. The van der Waals surface area contributed by atoms with Crippen LogP contribution in [0.2, 0.25) is 0 Å². The van der Waals surface area contributed by atoms with Crippen LogP contribution in [0.1, 0.15) is 5.56 Å². The fraction of sp³-hybridized carbons (Fsp3) is 0.357. The van der Waals surface area contributed by atoms with Gasteiger partial charge in [0.2, 0.25) is 5.91 Å². The van der Waals surface area contributed by atoms with Crippen molar-refractivity contribution >= 4 is 27.6 Å². The van der Waals surface area contributed by atoms with Crippen LogP contribution in [0, 0.1) is 0 Å². The van der Waals surface area contributed by atoms with Crippen molar-refractivity contribution in [3.8, 4) is 0 Å². The van der Waals surface area contributed by atoms with Crippen molar-refractivity contribution in [3.05, 3.63) is 36.0 Å². The fourth-order valence-electron chi connectivity index (χ4n) is 2.08. The smallest absolute Gasteiger partial charge is 0.237 e. The standard InChI is InChI=1S/C14H19N3O2S/c1-20(19)7-6-16-14(18)12(15)8-10-9-17-13-5-3-2-4-11(10)13/h2-5,9,12,17H,6-8,15H2,1H3,(H,16,18)/t12-,20?/m1/s1. The van der Waals surface area contributed by atoms with Gasteiger partial charge in [-0.1, -0.05) is 18.2 Å². The summed E-state index contributed by atoms with van der Waals surface area (Å²) in [6.45, 7) is 0.392. The molecule has 0 aliphatic heterocycles. The lowest BCUT2D eigenvalue weighted by Crippen LogP contribution is -2.43. The number of benzene rings is 1. The number of fused-ring (bicyclic) bond motifs is 1. The van der Waals surface area contributed by atoms with Gasteiger partial charge < -0.3 is 16.0 Å². The van der Waals surface area contributed by atoms with Crippen molar-refractivity contribution in [2.24, 2.45) is 5.73 Å². The zero-order chi connectivity index (χ0) is 14.5. The first-order chi connectivity index (χ1) is 9.58. The second-order valence-electron chi connectivity index (χ2n) is 4.74. The maximum absolute atomic E-state index is 11.8. The zero-order valence-corrected chi connectivity index (χ0v) is 12.2. The van der Waals surface area contributed by atoms with Crippen LogP contribution >= 0.6 is 0 Å². The zero-order valence-electron chi connectivity index (χ0n) is 11.4. The Labute approximate surface area is 120 Å². The average Bonchev–Trinajstić information content (AvgIpc) is 2.81. The molecular formula is C14H19N3O2S. The Bertz CT molecular complexity index is 624. The maximum atomic E-state index is 11.8. The van der Waals surface area contributed by atoms with Crippen molar-refractivity contribution < 1.29 is 9.00 Å². The summed E-state index contributed by atoms with van der Waals surface area (Å²) in [6.07, 6.45) is 3.97. The normalized spacial score (nSPS) is 14.1. The van der Waals surface area contributed by atoms with Gasteiger partial charge in [-0.3, -0.25) is 9.00 Å². The van der Waals surface area contributed by atoms with Crippen LogP contribution in [-0.2, 0) is 22.0 Å². The number of hydrogen-bond donors (Lipinski definition) is 3. The van der Waals surface area contributed by atoms with Crippen molar-refractivity contribution in [3.63, 3.8) is 0 Å². The molecule has 0 saturated heterocycles. The van der Waals surface area contributed by atoms with E-state index in [2.05, 4.69) is 10.3 Å². The topological polar surface area (TPSA) is 88.0 Å². The quantitative estimate of drug-likeness (QED) is 0.726. The number of aromatic amines is 1. The highest BCUT2D eigenvalue weighted by atomic mass is 32.2. The van der Waals surface area contributed by atoms with Gasteiger partial charge in [0.15, 0.2) is 0 Å². The van der Waals surface area contributed by atoms with Crippen LogP contribution in [0.3, 0.4) is 0 Å². The van der Waals surface area contributed by atoms with E-state index in [1.807, 2.05) is 30.5 Å². The number of nitrogens with one attached hydrogen (secondary N) is 2. The molecule has 0 aliphatic carbocycles. The molecule has 1 unspecified atom stereocenters. The minimum atomic E-state index is -0.906. The largest absolute Gasteiger partial charge is 0.361 e. The van der Waals surface area contributed by atoms with Gasteiger partial charge in [-0.2, -0.15) is 0 Å². The average molecular weight is 293 g/mol. The number of H-pyrrole nitrogens is 1. The van der Waals surface area contributed by atoms with Crippen molar-refractivity contribution in [1.82, 2.24) is 10.3 Å². The summed E-state index contributed by atoms with van der Waals surface area (Å²) < 4.78 is 10.9. The van der Waals surface area contributed by atoms with E-state index in [-0.39, 0.29) is 5.91 Å². The maximum Gasteiger partial charge on any atom is 0.237 e. The third-order valence-corrected chi connectivity index (χ3v) is 3.92. The van der Waals surface area contributed by atoms with Gasteiger partial charge in [0.05, 0.1) is 6.04 Å². The van der Waals surface area contributed by atoms with Gasteiger partial charge in [-0.25, -0.2) is 0 Å². The minimum Gasteiger partial charge on any atom is -0.361 e. The molecule has 0 bridgehead atoms. The predicted octanol–water partition coefficient (Wildman–Crippen LogP) is 0.532. The summed E-state index contributed by atoms with van der Waals surface area (Å²) in [7, 11) is -0.906. The third-order valence-electron chi connectivity index (χ3n) is 3.14. The Balaban J connectivity index is 1.95. The van der Waals surface area contributed by atoms with Crippen LogP contribution in [-0.4, -0.2) is 39.7 Å². The summed E-state index contributed by atoms with van der Waals surface area (Å²) in [4.78, 5) is 15.0. The molecule has 1 amide bonds. The fourth-order valence-corrected chi connectivity index (χ4v) is 2.47.